The number of likely N-dealkylation sites (tertiary alicyclic amines) is 1. The highest BCUT2D eigenvalue weighted by Crippen LogP contribution is 2.29. The summed E-state index contributed by atoms with van der Waals surface area (Å²) in [5.74, 6) is -0.140. The molecule has 4 nitrogen and oxygen atoms in total. The normalized spacial score (nSPS) is 35.4. The predicted octanol–water partition coefficient (Wildman–Crippen LogP) is 1.74. The molecule has 17 heavy (non-hydrogen) atoms. The lowest BCUT2D eigenvalue weighted by molar-refractivity contribution is -0.144. The molecule has 2 aliphatic rings. The van der Waals surface area contributed by atoms with Gasteiger partial charge in [0.15, 0.2) is 0 Å². The van der Waals surface area contributed by atoms with Gasteiger partial charge in [0.05, 0.1) is 6.10 Å². The van der Waals surface area contributed by atoms with Gasteiger partial charge in [-0.1, -0.05) is 13.8 Å². The van der Waals surface area contributed by atoms with Gasteiger partial charge in [0.25, 0.3) is 0 Å². The molecular weight excluding hydrogens is 218 g/mol. The summed E-state index contributed by atoms with van der Waals surface area (Å²) in [4.78, 5) is 13.4. The molecule has 4 heteroatoms. The maximum atomic E-state index is 11.2. The predicted molar refractivity (Wildman–Crippen MR) is 65.0 cm³/mol. The van der Waals surface area contributed by atoms with Crippen molar-refractivity contribution < 1.29 is 14.6 Å². The van der Waals surface area contributed by atoms with Crippen molar-refractivity contribution in [3.8, 4) is 0 Å². The summed E-state index contributed by atoms with van der Waals surface area (Å²) < 4.78 is 5.75. The van der Waals surface area contributed by atoms with E-state index in [2.05, 4.69) is 18.7 Å². The molecule has 0 aromatic heterocycles. The molecule has 2 saturated heterocycles. The van der Waals surface area contributed by atoms with Crippen LogP contribution in [0.5, 0.6) is 0 Å². The first-order valence-corrected chi connectivity index (χ1v) is 6.69. The smallest absolute Gasteiger partial charge is 0.320 e. The van der Waals surface area contributed by atoms with Gasteiger partial charge >= 0.3 is 5.97 Å². The molecule has 3 atom stereocenters. The Labute approximate surface area is 103 Å². The van der Waals surface area contributed by atoms with Crippen LogP contribution in [0.2, 0.25) is 0 Å². The number of aliphatic carboxylic acids is 1. The molecular formula is C13H23NO3. The first-order valence-electron chi connectivity index (χ1n) is 6.69. The number of carboxylic acid groups (broad SMARTS) is 1. The third-order valence-corrected chi connectivity index (χ3v) is 4.08. The van der Waals surface area contributed by atoms with Gasteiger partial charge in [-0.05, 0) is 38.1 Å². The zero-order valence-corrected chi connectivity index (χ0v) is 10.8. The minimum absolute atomic E-state index is 0.258. The minimum Gasteiger partial charge on any atom is -0.480 e. The molecule has 2 fully saturated rings. The van der Waals surface area contributed by atoms with Gasteiger partial charge in [-0.25, -0.2) is 0 Å². The lowest BCUT2D eigenvalue weighted by Crippen LogP contribution is -2.48. The highest BCUT2D eigenvalue weighted by molar-refractivity contribution is 5.73. The van der Waals surface area contributed by atoms with E-state index in [-0.39, 0.29) is 6.04 Å². The van der Waals surface area contributed by atoms with Crippen LogP contribution < -0.4 is 0 Å². The van der Waals surface area contributed by atoms with Gasteiger partial charge in [-0.3, -0.25) is 9.69 Å². The molecule has 0 aromatic rings. The minimum atomic E-state index is -0.657. The second kappa shape index (κ2) is 5.36. The summed E-state index contributed by atoms with van der Waals surface area (Å²) in [6, 6.07) is 0.144. The Morgan fingerprint density at radius 3 is 2.82 bits per heavy atom. The largest absolute Gasteiger partial charge is 0.480 e. The summed E-state index contributed by atoms with van der Waals surface area (Å²) in [7, 11) is 0. The number of hydrogen-bond donors (Lipinski definition) is 1. The number of nitrogens with zero attached hydrogens (tertiary/aromatic N) is 1. The molecule has 0 radical (unpaired) electrons. The molecule has 0 spiro atoms. The molecule has 98 valence electrons. The lowest BCUT2D eigenvalue weighted by Gasteiger charge is -2.38. The van der Waals surface area contributed by atoms with E-state index in [1.807, 2.05) is 0 Å². The summed E-state index contributed by atoms with van der Waals surface area (Å²) in [5.41, 5.74) is 0. The van der Waals surface area contributed by atoms with Crippen LogP contribution in [-0.4, -0.2) is 47.3 Å². The Bertz CT molecular complexity index is 280. The van der Waals surface area contributed by atoms with Crippen molar-refractivity contribution in [3.63, 3.8) is 0 Å². The van der Waals surface area contributed by atoms with Gasteiger partial charge in [-0.2, -0.15) is 0 Å². The number of carboxylic acids is 1. The van der Waals surface area contributed by atoms with E-state index in [0.717, 1.165) is 38.8 Å². The van der Waals surface area contributed by atoms with E-state index in [4.69, 9.17) is 4.74 Å². The summed E-state index contributed by atoms with van der Waals surface area (Å²) in [5, 5.41) is 9.22. The first kappa shape index (κ1) is 12.8. The van der Waals surface area contributed by atoms with E-state index in [1.165, 1.54) is 0 Å². The van der Waals surface area contributed by atoms with E-state index < -0.39 is 5.97 Å². The molecule has 0 bridgehead atoms. The Hall–Kier alpha value is -0.610. The third kappa shape index (κ3) is 2.80. The fraction of sp³-hybridized carbons (Fsp3) is 0.923. The molecule has 0 aliphatic carbocycles. The van der Waals surface area contributed by atoms with Crippen molar-refractivity contribution >= 4 is 5.97 Å². The fourth-order valence-electron chi connectivity index (χ4n) is 3.07. The highest BCUT2D eigenvalue weighted by atomic mass is 16.5. The second-order valence-corrected chi connectivity index (χ2v) is 5.57. The van der Waals surface area contributed by atoms with Crippen LogP contribution in [0, 0.1) is 5.92 Å². The number of rotatable bonds is 3. The van der Waals surface area contributed by atoms with Crippen LogP contribution in [0.25, 0.3) is 0 Å². The van der Waals surface area contributed by atoms with Crippen LogP contribution >= 0.6 is 0 Å². The second-order valence-electron chi connectivity index (χ2n) is 5.57. The summed E-state index contributed by atoms with van der Waals surface area (Å²) in [6.45, 7) is 6.06. The van der Waals surface area contributed by atoms with E-state index in [0.29, 0.717) is 18.1 Å². The standard InChI is InChI=1S/C13H23NO3/c1-9(2)12-8-10(5-7-17-12)14-6-3-4-11(14)13(15)16/h9-12H,3-8H2,1-2H3,(H,15,16). The van der Waals surface area contributed by atoms with E-state index in [9.17, 15) is 9.90 Å². The lowest BCUT2D eigenvalue weighted by atomic mass is 9.94. The molecule has 3 unspecified atom stereocenters. The van der Waals surface area contributed by atoms with Crippen molar-refractivity contribution in [2.45, 2.75) is 57.7 Å². The summed E-state index contributed by atoms with van der Waals surface area (Å²) >= 11 is 0. The molecule has 0 amide bonds. The van der Waals surface area contributed by atoms with Crippen molar-refractivity contribution in [2.24, 2.45) is 5.92 Å². The van der Waals surface area contributed by atoms with Gasteiger partial charge in [-0.15, -0.1) is 0 Å². The maximum absolute atomic E-state index is 11.2. The Balaban J connectivity index is 1.99. The van der Waals surface area contributed by atoms with Crippen LogP contribution in [0.15, 0.2) is 0 Å². The van der Waals surface area contributed by atoms with Crippen LogP contribution in [0.4, 0.5) is 0 Å². The van der Waals surface area contributed by atoms with E-state index >= 15 is 0 Å². The number of hydrogen-bond acceptors (Lipinski definition) is 3. The third-order valence-electron chi connectivity index (χ3n) is 4.08. The van der Waals surface area contributed by atoms with Crippen molar-refractivity contribution in [2.75, 3.05) is 13.2 Å². The quantitative estimate of drug-likeness (QED) is 0.817. The number of ether oxygens (including phenoxy) is 1. The molecule has 2 heterocycles. The highest BCUT2D eigenvalue weighted by Gasteiger charge is 2.38. The van der Waals surface area contributed by atoms with Crippen molar-refractivity contribution in [1.29, 1.82) is 0 Å². The Morgan fingerprint density at radius 1 is 1.41 bits per heavy atom. The van der Waals surface area contributed by atoms with E-state index in [1.54, 1.807) is 0 Å². The summed E-state index contributed by atoms with van der Waals surface area (Å²) in [6.07, 6.45) is 4.08. The van der Waals surface area contributed by atoms with Crippen molar-refractivity contribution in [1.82, 2.24) is 4.90 Å². The van der Waals surface area contributed by atoms with Gasteiger partial charge in [0.2, 0.25) is 0 Å². The van der Waals surface area contributed by atoms with Crippen LogP contribution in [0.1, 0.15) is 39.5 Å². The number of carbonyl (C=O) groups is 1. The van der Waals surface area contributed by atoms with Crippen molar-refractivity contribution in [3.05, 3.63) is 0 Å². The molecule has 0 aromatic carbocycles. The Morgan fingerprint density at radius 2 is 2.18 bits per heavy atom. The molecule has 0 saturated carbocycles. The topological polar surface area (TPSA) is 49.8 Å². The van der Waals surface area contributed by atoms with Crippen LogP contribution in [-0.2, 0) is 9.53 Å². The molecule has 1 N–H and O–H groups in total. The van der Waals surface area contributed by atoms with Crippen LogP contribution in [0.3, 0.4) is 0 Å². The molecule has 2 rings (SSSR count). The monoisotopic (exact) mass is 241 g/mol. The maximum Gasteiger partial charge on any atom is 0.320 e. The SMILES string of the molecule is CC(C)C1CC(N2CCCC2C(=O)O)CCO1. The average Bonchev–Trinajstić information content (AvgIpc) is 2.78. The first-order chi connectivity index (χ1) is 8.09. The van der Waals surface area contributed by atoms with Gasteiger partial charge in [0.1, 0.15) is 6.04 Å². The Kier molecular flexibility index (Phi) is 4.05. The zero-order valence-electron chi connectivity index (χ0n) is 10.8. The molecule has 2 aliphatic heterocycles. The van der Waals surface area contributed by atoms with Gasteiger partial charge in [0, 0.05) is 12.6 Å². The fourth-order valence-corrected chi connectivity index (χ4v) is 3.07. The average molecular weight is 241 g/mol. The zero-order chi connectivity index (χ0) is 12.4. The van der Waals surface area contributed by atoms with Gasteiger partial charge < -0.3 is 9.84 Å².